The summed E-state index contributed by atoms with van der Waals surface area (Å²) in [7, 11) is 1.54. The highest BCUT2D eigenvalue weighted by Gasteiger charge is 2.19. The molecule has 0 radical (unpaired) electrons. The van der Waals surface area contributed by atoms with E-state index in [1.54, 1.807) is 36.5 Å². The van der Waals surface area contributed by atoms with Crippen molar-refractivity contribution in [3.63, 3.8) is 0 Å². The van der Waals surface area contributed by atoms with Gasteiger partial charge in [-0.25, -0.2) is 4.39 Å². The SMILES string of the molecule is CCC#CCOc1cccc(N(C)C(=O)c2ccc3ncccc3c2)c1F. The van der Waals surface area contributed by atoms with Crippen LogP contribution >= 0.6 is 0 Å². The number of aromatic nitrogens is 1. The van der Waals surface area contributed by atoms with E-state index in [0.717, 1.165) is 10.9 Å². The molecule has 1 amide bonds. The lowest BCUT2D eigenvalue weighted by molar-refractivity contribution is 0.0992. The molecule has 0 aliphatic carbocycles. The number of amides is 1. The number of carbonyl (C=O) groups excluding carboxylic acids is 1. The lowest BCUT2D eigenvalue weighted by Gasteiger charge is -2.19. The molecule has 0 atom stereocenters. The summed E-state index contributed by atoms with van der Waals surface area (Å²) in [5.74, 6) is 4.83. The molecule has 1 heterocycles. The maximum absolute atomic E-state index is 14.8. The van der Waals surface area contributed by atoms with Crippen LogP contribution in [-0.2, 0) is 0 Å². The van der Waals surface area contributed by atoms with Crippen molar-refractivity contribution in [2.24, 2.45) is 0 Å². The molecule has 0 bridgehead atoms. The van der Waals surface area contributed by atoms with E-state index in [9.17, 15) is 9.18 Å². The molecular formula is C22H19FN2O2. The van der Waals surface area contributed by atoms with Crippen molar-refractivity contribution in [3.05, 3.63) is 66.1 Å². The molecule has 0 saturated heterocycles. The molecule has 2 aromatic carbocycles. The molecule has 0 N–H and O–H groups in total. The Bertz CT molecular complexity index is 1040. The maximum Gasteiger partial charge on any atom is 0.258 e. The molecule has 0 fully saturated rings. The lowest BCUT2D eigenvalue weighted by Crippen LogP contribution is -2.27. The fraction of sp³-hybridized carbons (Fsp3) is 0.182. The Kier molecular flexibility index (Phi) is 5.68. The van der Waals surface area contributed by atoms with Crippen LogP contribution in [0.3, 0.4) is 0 Å². The van der Waals surface area contributed by atoms with Crippen LogP contribution in [0.4, 0.5) is 10.1 Å². The summed E-state index contributed by atoms with van der Waals surface area (Å²) >= 11 is 0. The van der Waals surface area contributed by atoms with Gasteiger partial charge in [-0.05, 0) is 36.4 Å². The fourth-order valence-electron chi connectivity index (χ4n) is 2.67. The normalized spacial score (nSPS) is 10.2. The maximum atomic E-state index is 14.8. The number of hydrogen-bond acceptors (Lipinski definition) is 3. The summed E-state index contributed by atoms with van der Waals surface area (Å²) < 4.78 is 20.2. The molecule has 0 aliphatic rings. The van der Waals surface area contributed by atoms with Gasteiger partial charge in [0, 0.05) is 30.6 Å². The van der Waals surface area contributed by atoms with E-state index in [2.05, 4.69) is 16.8 Å². The minimum absolute atomic E-state index is 0.0697. The third-order valence-electron chi connectivity index (χ3n) is 4.06. The summed E-state index contributed by atoms with van der Waals surface area (Å²) in [5.41, 5.74) is 1.40. The second-order valence-electron chi connectivity index (χ2n) is 5.86. The van der Waals surface area contributed by atoms with Crippen molar-refractivity contribution in [1.29, 1.82) is 0 Å². The molecule has 27 heavy (non-hydrogen) atoms. The number of benzene rings is 2. The smallest absolute Gasteiger partial charge is 0.258 e. The van der Waals surface area contributed by atoms with Crippen LogP contribution in [0.1, 0.15) is 23.7 Å². The zero-order chi connectivity index (χ0) is 19.2. The first-order valence-corrected chi connectivity index (χ1v) is 8.61. The van der Waals surface area contributed by atoms with E-state index in [4.69, 9.17) is 4.74 Å². The highest BCUT2D eigenvalue weighted by Crippen LogP contribution is 2.28. The third-order valence-corrected chi connectivity index (χ3v) is 4.06. The van der Waals surface area contributed by atoms with Gasteiger partial charge in [0.15, 0.2) is 11.6 Å². The zero-order valence-corrected chi connectivity index (χ0v) is 15.2. The summed E-state index contributed by atoms with van der Waals surface area (Å²) in [4.78, 5) is 18.3. The summed E-state index contributed by atoms with van der Waals surface area (Å²) in [6.07, 6.45) is 2.41. The van der Waals surface area contributed by atoms with E-state index in [0.29, 0.717) is 12.0 Å². The molecule has 3 rings (SSSR count). The van der Waals surface area contributed by atoms with Crippen molar-refractivity contribution in [1.82, 2.24) is 4.98 Å². The lowest BCUT2D eigenvalue weighted by atomic mass is 10.1. The highest BCUT2D eigenvalue weighted by atomic mass is 19.1. The van der Waals surface area contributed by atoms with Crippen molar-refractivity contribution in [2.45, 2.75) is 13.3 Å². The predicted molar refractivity (Wildman–Crippen MR) is 104 cm³/mol. The molecule has 1 aromatic heterocycles. The van der Waals surface area contributed by atoms with Gasteiger partial charge in [0.25, 0.3) is 5.91 Å². The van der Waals surface area contributed by atoms with Crippen LogP contribution < -0.4 is 9.64 Å². The van der Waals surface area contributed by atoms with Gasteiger partial charge in [0.05, 0.1) is 11.2 Å². The number of pyridine rings is 1. The Morgan fingerprint density at radius 2 is 2.04 bits per heavy atom. The fourth-order valence-corrected chi connectivity index (χ4v) is 2.67. The number of anilines is 1. The predicted octanol–water partition coefficient (Wildman–Crippen LogP) is 4.44. The molecule has 136 valence electrons. The van der Waals surface area contributed by atoms with Gasteiger partial charge in [-0.2, -0.15) is 0 Å². The number of fused-ring (bicyclic) bond motifs is 1. The minimum Gasteiger partial charge on any atom is -0.478 e. The molecule has 0 aliphatic heterocycles. The molecule has 3 aromatic rings. The van der Waals surface area contributed by atoms with Gasteiger partial charge in [0.1, 0.15) is 6.61 Å². The first-order valence-electron chi connectivity index (χ1n) is 8.61. The Balaban J connectivity index is 1.85. The third kappa shape index (κ3) is 4.06. The zero-order valence-electron chi connectivity index (χ0n) is 15.2. The second-order valence-corrected chi connectivity index (χ2v) is 5.86. The van der Waals surface area contributed by atoms with Gasteiger partial charge in [-0.3, -0.25) is 9.78 Å². The van der Waals surface area contributed by atoms with Crippen LogP contribution in [0, 0.1) is 17.7 Å². The highest BCUT2D eigenvalue weighted by molar-refractivity contribution is 6.07. The van der Waals surface area contributed by atoms with Crippen LogP contribution in [0.15, 0.2) is 54.7 Å². The topological polar surface area (TPSA) is 42.4 Å². The van der Waals surface area contributed by atoms with Gasteiger partial charge < -0.3 is 9.64 Å². The first-order chi connectivity index (χ1) is 13.1. The number of ether oxygens (including phenoxy) is 1. The second kappa shape index (κ2) is 8.33. The van der Waals surface area contributed by atoms with E-state index in [1.165, 1.54) is 18.0 Å². The molecule has 5 heteroatoms. The Morgan fingerprint density at radius 3 is 2.85 bits per heavy atom. The summed E-state index contributed by atoms with van der Waals surface area (Å²) in [6.45, 7) is 2.03. The first kappa shape index (κ1) is 18.4. The molecular weight excluding hydrogens is 343 g/mol. The largest absolute Gasteiger partial charge is 0.478 e. The van der Waals surface area contributed by atoms with Gasteiger partial charge in [0.2, 0.25) is 0 Å². The Morgan fingerprint density at radius 1 is 1.19 bits per heavy atom. The average Bonchev–Trinajstić information content (AvgIpc) is 2.71. The molecule has 4 nitrogen and oxygen atoms in total. The van der Waals surface area contributed by atoms with Gasteiger partial charge >= 0.3 is 0 Å². The van der Waals surface area contributed by atoms with Crippen molar-refractivity contribution in [2.75, 3.05) is 18.6 Å². The standard InChI is InChI=1S/C22H19FN2O2/c1-3-4-5-14-27-20-10-6-9-19(21(20)23)25(2)22(26)17-11-12-18-16(15-17)8-7-13-24-18/h6-13,15H,3,14H2,1-2H3. The monoisotopic (exact) mass is 362 g/mol. The van der Waals surface area contributed by atoms with Gasteiger partial charge in [-0.15, -0.1) is 5.92 Å². The van der Waals surface area contributed by atoms with Crippen LogP contribution in [0.2, 0.25) is 0 Å². The van der Waals surface area contributed by atoms with E-state index in [1.807, 2.05) is 19.1 Å². The summed E-state index contributed by atoms with van der Waals surface area (Å²) in [5, 5.41) is 0.851. The van der Waals surface area contributed by atoms with Crippen LogP contribution in [-0.4, -0.2) is 24.5 Å². The van der Waals surface area contributed by atoms with E-state index >= 15 is 0 Å². The van der Waals surface area contributed by atoms with Crippen molar-refractivity contribution < 1.29 is 13.9 Å². The minimum atomic E-state index is -0.589. The number of hydrogen-bond donors (Lipinski definition) is 0. The number of nitrogens with zero attached hydrogens (tertiary/aromatic N) is 2. The van der Waals surface area contributed by atoms with E-state index in [-0.39, 0.29) is 24.0 Å². The number of rotatable bonds is 4. The quantitative estimate of drug-likeness (QED) is 0.644. The summed E-state index contributed by atoms with van der Waals surface area (Å²) in [6, 6.07) is 13.6. The van der Waals surface area contributed by atoms with Crippen LogP contribution in [0.25, 0.3) is 10.9 Å². The number of halogens is 1. The van der Waals surface area contributed by atoms with Crippen molar-refractivity contribution in [3.8, 4) is 17.6 Å². The Labute approximate surface area is 157 Å². The van der Waals surface area contributed by atoms with Gasteiger partial charge in [-0.1, -0.05) is 25.0 Å². The van der Waals surface area contributed by atoms with Crippen LogP contribution in [0.5, 0.6) is 5.75 Å². The molecule has 0 saturated carbocycles. The Hall–Kier alpha value is -3.39. The van der Waals surface area contributed by atoms with E-state index < -0.39 is 5.82 Å². The number of carbonyl (C=O) groups is 1. The van der Waals surface area contributed by atoms with Crippen molar-refractivity contribution >= 4 is 22.5 Å². The average molecular weight is 362 g/mol. The molecule has 0 unspecified atom stereocenters. The molecule has 0 spiro atoms.